The van der Waals surface area contributed by atoms with E-state index in [-0.39, 0.29) is 18.3 Å². The average molecular weight is 338 g/mol. The van der Waals surface area contributed by atoms with Crippen LogP contribution in [0.2, 0.25) is 0 Å². The first-order valence-corrected chi connectivity index (χ1v) is 6.88. The second-order valence-electron chi connectivity index (χ2n) is 4.79. The van der Waals surface area contributed by atoms with Gasteiger partial charge in [-0.2, -0.15) is 0 Å². The van der Waals surface area contributed by atoms with Crippen molar-refractivity contribution in [3.63, 3.8) is 0 Å². The van der Waals surface area contributed by atoms with Crippen molar-refractivity contribution in [2.24, 2.45) is 5.73 Å². The van der Waals surface area contributed by atoms with Crippen LogP contribution in [0.5, 0.6) is 17.4 Å². The third-order valence-corrected chi connectivity index (χ3v) is 2.94. The van der Waals surface area contributed by atoms with E-state index in [0.717, 1.165) is 5.56 Å². The number of aromatic nitrogens is 1. The topological polar surface area (TPSA) is 86.5 Å². The lowest BCUT2D eigenvalue weighted by Gasteiger charge is -2.09. The molecule has 0 saturated carbocycles. The molecular formula is C16H20ClN3O3. The molecule has 23 heavy (non-hydrogen) atoms. The van der Waals surface area contributed by atoms with Crippen LogP contribution in [0.25, 0.3) is 0 Å². The van der Waals surface area contributed by atoms with Gasteiger partial charge in [-0.25, -0.2) is 4.98 Å². The third-order valence-electron chi connectivity index (χ3n) is 2.94. The number of nitrogens with two attached hydrogens (primary N) is 1. The van der Waals surface area contributed by atoms with Crippen LogP contribution in [0.15, 0.2) is 42.6 Å². The number of ether oxygens (including phenoxy) is 2. The van der Waals surface area contributed by atoms with Crippen molar-refractivity contribution in [2.75, 3.05) is 7.11 Å². The first kappa shape index (κ1) is 18.7. The van der Waals surface area contributed by atoms with Gasteiger partial charge in [0.25, 0.3) is 0 Å². The summed E-state index contributed by atoms with van der Waals surface area (Å²) in [6.07, 6.45) is 1.65. The zero-order valence-corrected chi connectivity index (χ0v) is 13.8. The number of halogens is 1. The molecule has 1 aromatic heterocycles. The minimum atomic E-state index is -0.524. The van der Waals surface area contributed by atoms with E-state index < -0.39 is 6.04 Å². The fourth-order valence-corrected chi connectivity index (χ4v) is 1.71. The second kappa shape index (κ2) is 8.97. The lowest BCUT2D eigenvalue weighted by molar-refractivity contribution is -0.122. The summed E-state index contributed by atoms with van der Waals surface area (Å²) in [5.74, 6) is 1.63. The summed E-state index contributed by atoms with van der Waals surface area (Å²) in [5.41, 5.74) is 6.34. The second-order valence-corrected chi connectivity index (χ2v) is 4.79. The van der Waals surface area contributed by atoms with Crippen molar-refractivity contribution in [3.8, 4) is 17.4 Å². The van der Waals surface area contributed by atoms with Crippen molar-refractivity contribution in [1.29, 1.82) is 0 Å². The first-order chi connectivity index (χ1) is 10.6. The molecule has 7 heteroatoms. The predicted octanol–water partition coefficient (Wildman–Crippen LogP) is 2.27. The number of nitrogens with one attached hydrogen (secondary N) is 1. The Morgan fingerprint density at radius 1 is 1.30 bits per heavy atom. The summed E-state index contributed by atoms with van der Waals surface area (Å²) in [6, 6.07) is 10.3. The summed E-state index contributed by atoms with van der Waals surface area (Å²) in [5, 5.41) is 2.72. The number of hydrogen-bond acceptors (Lipinski definition) is 5. The average Bonchev–Trinajstić information content (AvgIpc) is 2.54. The molecule has 1 heterocycles. The number of hydrogen-bond donors (Lipinski definition) is 2. The van der Waals surface area contributed by atoms with E-state index in [4.69, 9.17) is 15.2 Å². The quantitative estimate of drug-likeness (QED) is 0.844. The molecular weight excluding hydrogens is 318 g/mol. The van der Waals surface area contributed by atoms with Gasteiger partial charge in [0, 0.05) is 24.9 Å². The molecule has 6 nitrogen and oxygen atoms in total. The Balaban J connectivity index is 0.00000264. The lowest BCUT2D eigenvalue weighted by Crippen LogP contribution is -2.37. The van der Waals surface area contributed by atoms with Crippen molar-refractivity contribution in [2.45, 2.75) is 19.5 Å². The van der Waals surface area contributed by atoms with Gasteiger partial charge in [0.05, 0.1) is 13.2 Å². The van der Waals surface area contributed by atoms with E-state index in [1.165, 1.54) is 0 Å². The van der Waals surface area contributed by atoms with Gasteiger partial charge >= 0.3 is 0 Å². The fraction of sp³-hybridized carbons (Fsp3) is 0.250. The van der Waals surface area contributed by atoms with Crippen LogP contribution in [0, 0.1) is 0 Å². The van der Waals surface area contributed by atoms with Gasteiger partial charge in [0.1, 0.15) is 11.5 Å². The minimum Gasteiger partial charge on any atom is -0.497 e. The highest BCUT2D eigenvalue weighted by Crippen LogP contribution is 2.23. The highest BCUT2D eigenvalue weighted by molar-refractivity contribution is 5.85. The number of carbonyl (C=O) groups is 1. The molecule has 0 saturated heterocycles. The molecule has 2 aromatic rings. The van der Waals surface area contributed by atoms with Crippen LogP contribution >= 0.6 is 12.4 Å². The van der Waals surface area contributed by atoms with Gasteiger partial charge in [-0.1, -0.05) is 12.1 Å². The Morgan fingerprint density at radius 3 is 2.65 bits per heavy atom. The van der Waals surface area contributed by atoms with E-state index in [1.54, 1.807) is 32.4 Å². The fourth-order valence-electron chi connectivity index (χ4n) is 1.71. The molecule has 1 unspecified atom stereocenters. The number of pyridine rings is 1. The molecule has 0 aliphatic carbocycles. The molecule has 0 radical (unpaired) electrons. The minimum absolute atomic E-state index is 0. The molecule has 1 amide bonds. The van der Waals surface area contributed by atoms with E-state index in [0.29, 0.717) is 23.9 Å². The largest absolute Gasteiger partial charge is 0.497 e. The maximum atomic E-state index is 11.4. The van der Waals surface area contributed by atoms with Crippen LogP contribution in [0.3, 0.4) is 0 Å². The van der Waals surface area contributed by atoms with Crippen LogP contribution in [-0.2, 0) is 11.3 Å². The smallest absolute Gasteiger partial charge is 0.236 e. The molecule has 0 fully saturated rings. The number of amides is 1. The van der Waals surface area contributed by atoms with Crippen molar-refractivity contribution < 1.29 is 14.3 Å². The predicted molar refractivity (Wildman–Crippen MR) is 90.0 cm³/mol. The number of methoxy groups -OCH3 is 1. The number of carbonyl (C=O) groups excluding carboxylic acids is 1. The van der Waals surface area contributed by atoms with Gasteiger partial charge in [0.15, 0.2) is 0 Å². The number of rotatable bonds is 6. The zero-order valence-electron chi connectivity index (χ0n) is 13.0. The molecule has 0 bridgehead atoms. The number of benzene rings is 1. The highest BCUT2D eigenvalue weighted by Gasteiger charge is 2.06. The Kier molecular flexibility index (Phi) is 7.31. The van der Waals surface area contributed by atoms with Crippen LogP contribution in [0.1, 0.15) is 12.5 Å². The third kappa shape index (κ3) is 5.77. The maximum Gasteiger partial charge on any atom is 0.236 e. The van der Waals surface area contributed by atoms with Crippen molar-refractivity contribution in [1.82, 2.24) is 10.3 Å². The molecule has 1 atom stereocenters. The van der Waals surface area contributed by atoms with E-state index in [1.807, 2.05) is 24.3 Å². The summed E-state index contributed by atoms with van der Waals surface area (Å²) in [4.78, 5) is 15.6. The highest BCUT2D eigenvalue weighted by atomic mass is 35.5. The Bertz CT molecular complexity index is 633. The SMILES string of the molecule is COc1cccc(Oc2ccc(CNC(=O)C(C)N)cn2)c1.Cl. The van der Waals surface area contributed by atoms with E-state index in [9.17, 15) is 4.79 Å². The molecule has 1 aromatic carbocycles. The Morgan fingerprint density at radius 2 is 2.04 bits per heavy atom. The summed E-state index contributed by atoms with van der Waals surface area (Å²) >= 11 is 0. The molecule has 3 N–H and O–H groups in total. The zero-order chi connectivity index (χ0) is 15.9. The van der Waals surface area contributed by atoms with E-state index >= 15 is 0 Å². The standard InChI is InChI=1S/C16H19N3O3.ClH/c1-11(17)16(20)19-10-12-6-7-15(18-9-12)22-14-5-3-4-13(8-14)21-2;/h3-9,11H,10,17H2,1-2H3,(H,19,20);1H. The molecule has 2 rings (SSSR count). The Hall–Kier alpha value is -2.31. The monoisotopic (exact) mass is 337 g/mol. The van der Waals surface area contributed by atoms with Gasteiger partial charge < -0.3 is 20.5 Å². The van der Waals surface area contributed by atoms with Crippen molar-refractivity contribution >= 4 is 18.3 Å². The summed E-state index contributed by atoms with van der Waals surface area (Å²) in [7, 11) is 1.60. The van der Waals surface area contributed by atoms with Gasteiger partial charge in [0.2, 0.25) is 11.8 Å². The van der Waals surface area contributed by atoms with Gasteiger partial charge in [-0.3, -0.25) is 4.79 Å². The van der Waals surface area contributed by atoms with Crippen LogP contribution in [0.4, 0.5) is 0 Å². The number of nitrogens with zero attached hydrogens (tertiary/aromatic N) is 1. The van der Waals surface area contributed by atoms with Crippen LogP contribution < -0.4 is 20.5 Å². The van der Waals surface area contributed by atoms with Gasteiger partial charge in [-0.15, -0.1) is 12.4 Å². The van der Waals surface area contributed by atoms with Gasteiger partial charge in [-0.05, 0) is 24.6 Å². The maximum absolute atomic E-state index is 11.4. The Labute approximate surface area is 141 Å². The van der Waals surface area contributed by atoms with Crippen molar-refractivity contribution in [3.05, 3.63) is 48.2 Å². The molecule has 0 aliphatic heterocycles. The van der Waals surface area contributed by atoms with E-state index in [2.05, 4.69) is 10.3 Å². The first-order valence-electron chi connectivity index (χ1n) is 6.88. The molecule has 124 valence electrons. The molecule has 0 spiro atoms. The molecule has 0 aliphatic rings. The normalized spacial score (nSPS) is 11.1. The summed E-state index contributed by atoms with van der Waals surface area (Å²) < 4.78 is 10.8. The lowest BCUT2D eigenvalue weighted by atomic mass is 10.2. The summed E-state index contributed by atoms with van der Waals surface area (Å²) in [6.45, 7) is 2.02. The van der Waals surface area contributed by atoms with Crippen LogP contribution in [-0.4, -0.2) is 24.0 Å².